The highest BCUT2D eigenvalue weighted by atomic mass is 16.5. The van der Waals surface area contributed by atoms with E-state index in [-0.39, 0.29) is 12.4 Å². The second-order valence-electron chi connectivity index (χ2n) is 7.55. The number of aromatic nitrogens is 1. The number of para-hydroxylation sites is 1. The summed E-state index contributed by atoms with van der Waals surface area (Å²) in [6.45, 7) is 5.14. The summed E-state index contributed by atoms with van der Waals surface area (Å²) < 4.78 is 10.5. The molecule has 1 aromatic heterocycles. The molecular weight excluding hydrogens is 354 g/mol. The lowest BCUT2D eigenvalue weighted by Crippen LogP contribution is -2.26. The Bertz CT molecular complexity index is 1020. The van der Waals surface area contributed by atoms with Gasteiger partial charge in [-0.2, -0.15) is 0 Å². The third kappa shape index (κ3) is 4.19. The molecule has 0 atom stereocenters. The molecule has 144 valence electrons. The molecule has 0 saturated heterocycles. The van der Waals surface area contributed by atoms with Crippen LogP contribution in [0.5, 0.6) is 5.75 Å². The van der Waals surface area contributed by atoms with E-state index in [1.165, 1.54) is 0 Å². The normalized spacial score (nSPS) is 11.3. The average Bonchev–Trinajstić information content (AvgIpc) is 2.70. The van der Waals surface area contributed by atoms with Crippen molar-refractivity contribution in [2.45, 2.75) is 20.8 Å². The predicted octanol–water partition coefficient (Wildman–Crippen LogP) is 4.68. The predicted molar refractivity (Wildman–Crippen MR) is 108 cm³/mol. The van der Waals surface area contributed by atoms with Gasteiger partial charge >= 0.3 is 5.97 Å². The number of carbonyl (C=O) groups is 2. The van der Waals surface area contributed by atoms with Gasteiger partial charge in [0.2, 0.25) is 0 Å². The molecule has 0 unspecified atom stereocenters. The van der Waals surface area contributed by atoms with Crippen LogP contribution >= 0.6 is 0 Å². The van der Waals surface area contributed by atoms with Gasteiger partial charge in [0.15, 0.2) is 12.4 Å². The smallest absolute Gasteiger partial charge is 0.339 e. The van der Waals surface area contributed by atoms with Gasteiger partial charge in [0, 0.05) is 16.4 Å². The number of ether oxygens (including phenoxy) is 2. The second-order valence-corrected chi connectivity index (χ2v) is 7.55. The van der Waals surface area contributed by atoms with E-state index in [1.807, 2.05) is 48.5 Å². The van der Waals surface area contributed by atoms with Crippen LogP contribution in [0.3, 0.4) is 0 Å². The monoisotopic (exact) mass is 377 g/mol. The molecule has 5 nitrogen and oxygen atoms in total. The van der Waals surface area contributed by atoms with Crippen LogP contribution in [0.1, 0.15) is 31.1 Å². The van der Waals surface area contributed by atoms with Crippen LogP contribution in [0, 0.1) is 5.41 Å². The SMILES string of the molecule is COc1ccc(-c2cc(C(=O)OCC(=O)C(C)(C)C)c3ccccc3n2)cc1. The number of hydrogen-bond acceptors (Lipinski definition) is 5. The standard InChI is InChI=1S/C23H23NO4/c1-23(2,3)21(25)14-28-22(26)18-13-20(15-9-11-16(27-4)12-10-15)24-19-8-6-5-7-17(18)19/h5-13H,14H2,1-4H3. The Balaban J connectivity index is 1.98. The van der Waals surface area contributed by atoms with Crippen LogP contribution in [0.2, 0.25) is 0 Å². The Labute approximate surface area is 164 Å². The van der Waals surface area contributed by atoms with E-state index in [9.17, 15) is 9.59 Å². The molecule has 3 aromatic rings. The Morgan fingerprint density at radius 1 is 1.00 bits per heavy atom. The van der Waals surface area contributed by atoms with Gasteiger partial charge in [-0.1, -0.05) is 39.0 Å². The van der Waals surface area contributed by atoms with Crippen LogP contribution in [-0.2, 0) is 9.53 Å². The van der Waals surface area contributed by atoms with Gasteiger partial charge in [-0.3, -0.25) is 4.79 Å². The van der Waals surface area contributed by atoms with Crippen molar-refractivity contribution in [2.24, 2.45) is 5.41 Å². The summed E-state index contributed by atoms with van der Waals surface area (Å²) in [6.07, 6.45) is 0. The van der Waals surface area contributed by atoms with E-state index in [1.54, 1.807) is 33.9 Å². The lowest BCUT2D eigenvalue weighted by atomic mass is 9.91. The average molecular weight is 377 g/mol. The molecule has 0 radical (unpaired) electrons. The fraction of sp³-hybridized carbons (Fsp3) is 0.261. The minimum absolute atomic E-state index is 0.130. The van der Waals surface area contributed by atoms with Crippen LogP contribution in [-0.4, -0.2) is 30.5 Å². The molecule has 28 heavy (non-hydrogen) atoms. The van der Waals surface area contributed by atoms with Gasteiger partial charge in [0.1, 0.15) is 5.75 Å². The van der Waals surface area contributed by atoms with Crippen LogP contribution in [0.25, 0.3) is 22.2 Å². The molecule has 5 heteroatoms. The quantitative estimate of drug-likeness (QED) is 0.604. The molecule has 0 aliphatic carbocycles. The Hall–Kier alpha value is -3.21. The van der Waals surface area contributed by atoms with E-state index in [0.29, 0.717) is 22.2 Å². The first-order chi connectivity index (χ1) is 13.3. The summed E-state index contributed by atoms with van der Waals surface area (Å²) in [7, 11) is 1.61. The Morgan fingerprint density at radius 3 is 2.32 bits per heavy atom. The van der Waals surface area contributed by atoms with Crippen molar-refractivity contribution in [3.8, 4) is 17.0 Å². The van der Waals surface area contributed by atoms with E-state index in [0.717, 1.165) is 11.3 Å². The van der Waals surface area contributed by atoms with Crippen LogP contribution in [0.4, 0.5) is 0 Å². The molecule has 0 aliphatic heterocycles. The van der Waals surface area contributed by atoms with Crippen molar-refractivity contribution in [1.82, 2.24) is 4.98 Å². The first-order valence-corrected chi connectivity index (χ1v) is 9.04. The van der Waals surface area contributed by atoms with Crippen molar-refractivity contribution in [1.29, 1.82) is 0 Å². The number of pyridine rings is 1. The van der Waals surface area contributed by atoms with Gasteiger partial charge in [-0.05, 0) is 36.4 Å². The number of benzene rings is 2. The Kier molecular flexibility index (Phi) is 5.45. The van der Waals surface area contributed by atoms with E-state index >= 15 is 0 Å². The van der Waals surface area contributed by atoms with Gasteiger partial charge in [0.05, 0.1) is 23.9 Å². The van der Waals surface area contributed by atoms with Crippen molar-refractivity contribution in [3.05, 3.63) is 60.2 Å². The van der Waals surface area contributed by atoms with Crippen LogP contribution in [0.15, 0.2) is 54.6 Å². The maximum absolute atomic E-state index is 12.8. The summed E-state index contributed by atoms with van der Waals surface area (Å²) in [4.78, 5) is 29.5. The van der Waals surface area contributed by atoms with E-state index in [4.69, 9.17) is 9.47 Å². The molecule has 0 bridgehead atoms. The number of hydrogen-bond donors (Lipinski definition) is 0. The highest BCUT2D eigenvalue weighted by Crippen LogP contribution is 2.27. The lowest BCUT2D eigenvalue weighted by molar-refractivity contribution is -0.129. The maximum Gasteiger partial charge on any atom is 0.339 e. The number of methoxy groups -OCH3 is 1. The van der Waals surface area contributed by atoms with E-state index in [2.05, 4.69) is 4.98 Å². The fourth-order valence-corrected chi connectivity index (χ4v) is 2.68. The topological polar surface area (TPSA) is 65.5 Å². The minimum Gasteiger partial charge on any atom is -0.497 e. The lowest BCUT2D eigenvalue weighted by Gasteiger charge is -2.16. The summed E-state index contributed by atoms with van der Waals surface area (Å²) >= 11 is 0. The second kappa shape index (κ2) is 7.80. The van der Waals surface area contributed by atoms with Crippen LogP contribution < -0.4 is 4.74 Å². The number of fused-ring (bicyclic) bond motifs is 1. The summed E-state index contributed by atoms with van der Waals surface area (Å²) in [5.41, 5.74) is 2.01. The third-order valence-corrected chi connectivity index (χ3v) is 4.49. The number of ketones is 1. The number of rotatable bonds is 5. The van der Waals surface area contributed by atoms with Crippen molar-refractivity contribution in [3.63, 3.8) is 0 Å². The zero-order valence-electron chi connectivity index (χ0n) is 16.5. The van der Waals surface area contributed by atoms with Crippen molar-refractivity contribution in [2.75, 3.05) is 13.7 Å². The molecule has 0 amide bonds. The first kappa shape index (κ1) is 19.5. The molecule has 0 saturated carbocycles. The largest absolute Gasteiger partial charge is 0.497 e. The fourth-order valence-electron chi connectivity index (χ4n) is 2.68. The molecule has 3 rings (SSSR count). The number of Topliss-reactive ketones (excluding diaryl/α,β-unsaturated/α-hetero) is 1. The summed E-state index contributed by atoms with van der Waals surface area (Å²) in [6, 6.07) is 16.5. The summed E-state index contributed by atoms with van der Waals surface area (Å²) in [5, 5.41) is 0.688. The van der Waals surface area contributed by atoms with Gasteiger partial charge in [-0.25, -0.2) is 9.78 Å². The highest BCUT2D eigenvalue weighted by Gasteiger charge is 2.23. The first-order valence-electron chi connectivity index (χ1n) is 9.04. The van der Waals surface area contributed by atoms with Crippen molar-refractivity contribution < 1.29 is 19.1 Å². The molecule has 0 aliphatic rings. The number of carbonyl (C=O) groups excluding carboxylic acids is 2. The molecular formula is C23H23NO4. The summed E-state index contributed by atoms with van der Waals surface area (Å²) in [5.74, 6) is 0.0745. The highest BCUT2D eigenvalue weighted by molar-refractivity contribution is 6.05. The zero-order valence-corrected chi connectivity index (χ0v) is 16.5. The number of esters is 1. The Morgan fingerprint density at radius 2 is 1.68 bits per heavy atom. The molecule has 0 N–H and O–H groups in total. The third-order valence-electron chi connectivity index (χ3n) is 4.49. The molecule has 1 heterocycles. The molecule has 0 fully saturated rings. The maximum atomic E-state index is 12.8. The van der Waals surface area contributed by atoms with Gasteiger partial charge in [0.25, 0.3) is 0 Å². The molecule has 2 aromatic carbocycles. The van der Waals surface area contributed by atoms with Gasteiger partial charge < -0.3 is 9.47 Å². The van der Waals surface area contributed by atoms with E-state index < -0.39 is 11.4 Å². The zero-order chi connectivity index (χ0) is 20.3. The molecule has 0 spiro atoms. The van der Waals surface area contributed by atoms with Crippen molar-refractivity contribution >= 4 is 22.7 Å². The van der Waals surface area contributed by atoms with Gasteiger partial charge in [-0.15, -0.1) is 0 Å². The minimum atomic E-state index is -0.561. The number of nitrogens with zero attached hydrogens (tertiary/aromatic N) is 1.